The van der Waals surface area contributed by atoms with E-state index in [2.05, 4.69) is 42.6 Å². The lowest BCUT2D eigenvalue weighted by molar-refractivity contribution is 0.0384. The topological polar surface area (TPSA) is 119 Å². The standard InChI is InChI=1S/C26H30N8O3/c1-27-24-22(19-14-28-15-20-21(19)29-16-33(20)2)31-23(26(35)36-3)25(32-24)30-18-6-4-17(5-7-18)8-9-34-10-12-37-13-11-34/h4-7,14-16H,8-13H2,1-3H3,(H2,27,30,32). The first kappa shape index (κ1) is 24.6. The van der Waals surface area contributed by atoms with Crippen LogP contribution in [0.15, 0.2) is 43.0 Å². The zero-order chi connectivity index (χ0) is 25.8. The maximum absolute atomic E-state index is 12.7. The van der Waals surface area contributed by atoms with E-state index >= 15 is 0 Å². The van der Waals surface area contributed by atoms with Gasteiger partial charge in [-0.05, 0) is 24.1 Å². The van der Waals surface area contributed by atoms with Crippen LogP contribution in [0.2, 0.25) is 0 Å². The molecule has 4 aromatic rings. The van der Waals surface area contributed by atoms with E-state index < -0.39 is 5.97 Å². The van der Waals surface area contributed by atoms with Crippen molar-refractivity contribution in [2.45, 2.75) is 6.42 Å². The number of morpholine rings is 1. The van der Waals surface area contributed by atoms with Gasteiger partial charge in [-0.15, -0.1) is 0 Å². The van der Waals surface area contributed by atoms with Crippen molar-refractivity contribution in [1.29, 1.82) is 0 Å². The first-order chi connectivity index (χ1) is 18.1. The molecule has 5 rings (SSSR count). The van der Waals surface area contributed by atoms with Crippen LogP contribution in [0.3, 0.4) is 0 Å². The molecule has 0 amide bonds. The fourth-order valence-corrected chi connectivity index (χ4v) is 4.34. The number of fused-ring (bicyclic) bond motifs is 1. The summed E-state index contributed by atoms with van der Waals surface area (Å²) in [5.74, 6) is 0.182. The summed E-state index contributed by atoms with van der Waals surface area (Å²) in [5, 5.41) is 6.33. The van der Waals surface area contributed by atoms with Crippen molar-refractivity contribution in [1.82, 2.24) is 29.4 Å². The molecule has 0 spiro atoms. The van der Waals surface area contributed by atoms with Crippen molar-refractivity contribution >= 4 is 34.3 Å². The predicted octanol–water partition coefficient (Wildman–Crippen LogP) is 2.87. The Morgan fingerprint density at radius 1 is 1.11 bits per heavy atom. The van der Waals surface area contributed by atoms with E-state index in [4.69, 9.17) is 14.5 Å². The molecule has 1 fully saturated rings. The van der Waals surface area contributed by atoms with Gasteiger partial charge in [0.2, 0.25) is 0 Å². The molecule has 37 heavy (non-hydrogen) atoms. The van der Waals surface area contributed by atoms with E-state index in [1.54, 1.807) is 25.8 Å². The maximum atomic E-state index is 12.7. The number of nitrogens with one attached hydrogen (secondary N) is 2. The molecule has 1 saturated heterocycles. The van der Waals surface area contributed by atoms with E-state index in [9.17, 15) is 4.79 Å². The molecule has 0 atom stereocenters. The molecule has 1 aromatic carbocycles. The molecule has 3 aromatic heterocycles. The Hall–Kier alpha value is -4.09. The number of nitrogens with zero attached hydrogens (tertiary/aromatic N) is 6. The lowest BCUT2D eigenvalue weighted by atomic mass is 10.1. The molecule has 11 nitrogen and oxygen atoms in total. The molecule has 0 saturated carbocycles. The lowest BCUT2D eigenvalue weighted by Crippen LogP contribution is -2.37. The second-order valence-electron chi connectivity index (χ2n) is 8.80. The molecule has 2 N–H and O–H groups in total. The number of imidazole rings is 1. The summed E-state index contributed by atoms with van der Waals surface area (Å²) in [5.41, 5.74) is 4.78. The summed E-state index contributed by atoms with van der Waals surface area (Å²) < 4.78 is 12.3. The van der Waals surface area contributed by atoms with Crippen LogP contribution in [0.4, 0.5) is 17.3 Å². The summed E-state index contributed by atoms with van der Waals surface area (Å²) in [4.78, 5) is 33.3. The Labute approximate surface area is 214 Å². The highest BCUT2D eigenvalue weighted by Crippen LogP contribution is 2.32. The third-order valence-corrected chi connectivity index (χ3v) is 6.44. The Bertz CT molecular complexity index is 1400. The van der Waals surface area contributed by atoms with Crippen molar-refractivity contribution < 1.29 is 14.3 Å². The summed E-state index contributed by atoms with van der Waals surface area (Å²) in [6.45, 7) is 4.55. The maximum Gasteiger partial charge on any atom is 0.360 e. The van der Waals surface area contributed by atoms with Crippen LogP contribution < -0.4 is 10.6 Å². The van der Waals surface area contributed by atoms with Crippen LogP contribution in [0.1, 0.15) is 16.1 Å². The van der Waals surface area contributed by atoms with Gasteiger partial charge in [0.05, 0.1) is 43.9 Å². The van der Waals surface area contributed by atoms with Gasteiger partial charge < -0.3 is 24.7 Å². The second-order valence-corrected chi connectivity index (χ2v) is 8.80. The number of anilines is 3. The molecule has 0 aliphatic carbocycles. The highest BCUT2D eigenvalue weighted by atomic mass is 16.5. The Morgan fingerprint density at radius 3 is 2.62 bits per heavy atom. The minimum absolute atomic E-state index is 0.0702. The summed E-state index contributed by atoms with van der Waals surface area (Å²) in [6, 6.07) is 8.11. The summed E-state index contributed by atoms with van der Waals surface area (Å²) in [7, 11) is 4.97. The number of carbonyl (C=O) groups is 1. The number of ether oxygens (including phenoxy) is 2. The number of carbonyl (C=O) groups excluding carboxylic acids is 1. The Kier molecular flexibility index (Phi) is 7.24. The van der Waals surface area contributed by atoms with E-state index in [-0.39, 0.29) is 5.69 Å². The third kappa shape index (κ3) is 5.23. The average Bonchev–Trinajstić information content (AvgIpc) is 3.33. The number of rotatable bonds is 8. The number of hydrogen-bond acceptors (Lipinski definition) is 10. The second kappa shape index (κ2) is 10.9. The smallest absolute Gasteiger partial charge is 0.360 e. The van der Waals surface area contributed by atoms with Gasteiger partial charge in [-0.1, -0.05) is 12.1 Å². The van der Waals surface area contributed by atoms with Crippen molar-refractivity contribution in [3.63, 3.8) is 0 Å². The van der Waals surface area contributed by atoms with Gasteiger partial charge in [-0.2, -0.15) is 0 Å². The van der Waals surface area contributed by atoms with E-state index in [1.807, 2.05) is 23.7 Å². The largest absolute Gasteiger partial charge is 0.464 e. The highest BCUT2D eigenvalue weighted by molar-refractivity contribution is 5.98. The van der Waals surface area contributed by atoms with Crippen molar-refractivity contribution in [2.75, 3.05) is 57.6 Å². The van der Waals surface area contributed by atoms with Gasteiger partial charge >= 0.3 is 5.97 Å². The van der Waals surface area contributed by atoms with Gasteiger partial charge in [0.25, 0.3) is 0 Å². The minimum atomic E-state index is -0.595. The zero-order valence-electron chi connectivity index (χ0n) is 21.2. The molecular weight excluding hydrogens is 472 g/mol. The molecule has 0 unspecified atom stereocenters. The SMILES string of the molecule is CNc1nc(Nc2ccc(CCN3CCOCC3)cc2)c(C(=O)OC)nc1-c1cncc2c1ncn2C. The predicted molar refractivity (Wildman–Crippen MR) is 141 cm³/mol. The van der Waals surface area contributed by atoms with Gasteiger partial charge in [-0.25, -0.2) is 19.7 Å². The van der Waals surface area contributed by atoms with E-state index in [0.717, 1.165) is 50.5 Å². The number of benzene rings is 1. The number of pyridine rings is 1. The minimum Gasteiger partial charge on any atom is -0.464 e. The first-order valence-electron chi connectivity index (χ1n) is 12.2. The van der Waals surface area contributed by atoms with Crippen LogP contribution in [0, 0.1) is 0 Å². The third-order valence-electron chi connectivity index (χ3n) is 6.44. The van der Waals surface area contributed by atoms with Crippen LogP contribution >= 0.6 is 0 Å². The number of esters is 1. The highest BCUT2D eigenvalue weighted by Gasteiger charge is 2.23. The van der Waals surface area contributed by atoms with Crippen molar-refractivity contribution in [3.8, 4) is 11.3 Å². The molecule has 0 bridgehead atoms. The summed E-state index contributed by atoms with van der Waals surface area (Å²) in [6.07, 6.45) is 6.08. The quantitative estimate of drug-likeness (QED) is 0.348. The van der Waals surface area contributed by atoms with Crippen LogP contribution in [0.5, 0.6) is 0 Å². The normalized spacial score (nSPS) is 14.0. The van der Waals surface area contributed by atoms with Gasteiger partial charge in [0, 0.05) is 45.6 Å². The fourth-order valence-electron chi connectivity index (χ4n) is 4.34. The molecule has 1 aliphatic heterocycles. The number of methoxy groups -OCH3 is 1. The number of hydrogen-bond donors (Lipinski definition) is 2. The van der Waals surface area contributed by atoms with Gasteiger partial charge in [-0.3, -0.25) is 9.88 Å². The van der Waals surface area contributed by atoms with Gasteiger partial charge in [0.1, 0.15) is 11.2 Å². The first-order valence-corrected chi connectivity index (χ1v) is 12.2. The molecule has 11 heteroatoms. The van der Waals surface area contributed by atoms with Gasteiger partial charge in [0.15, 0.2) is 17.3 Å². The Morgan fingerprint density at radius 2 is 1.89 bits per heavy atom. The van der Waals surface area contributed by atoms with Crippen LogP contribution in [-0.4, -0.2) is 82.4 Å². The van der Waals surface area contributed by atoms with E-state index in [1.165, 1.54) is 12.7 Å². The Balaban J connectivity index is 1.43. The van der Waals surface area contributed by atoms with Crippen molar-refractivity contribution in [2.24, 2.45) is 7.05 Å². The molecule has 1 aliphatic rings. The monoisotopic (exact) mass is 502 g/mol. The molecule has 192 valence electrons. The molecule has 4 heterocycles. The number of aryl methyl sites for hydroxylation is 1. The fraction of sp³-hybridized carbons (Fsp3) is 0.346. The zero-order valence-corrected chi connectivity index (χ0v) is 21.2. The van der Waals surface area contributed by atoms with E-state index in [0.29, 0.717) is 28.4 Å². The lowest BCUT2D eigenvalue weighted by Gasteiger charge is -2.26. The van der Waals surface area contributed by atoms with Crippen molar-refractivity contribution in [3.05, 3.63) is 54.2 Å². The van der Waals surface area contributed by atoms with Crippen LogP contribution in [0.25, 0.3) is 22.3 Å². The molecular formula is C26H30N8O3. The van der Waals surface area contributed by atoms with Crippen LogP contribution in [-0.2, 0) is 22.9 Å². The summed E-state index contributed by atoms with van der Waals surface area (Å²) >= 11 is 0. The number of aromatic nitrogens is 5. The average molecular weight is 503 g/mol. The molecule has 0 radical (unpaired) electrons.